The molecule has 1 aliphatic heterocycles. The molecule has 1 unspecified atom stereocenters. The summed E-state index contributed by atoms with van der Waals surface area (Å²) in [7, 11) is 0. The van der Waals surface area contributed by atoms with Gasteiger partial charge in [0.25, 0.3) is 5.56 Å². The fourth-order valence-electron chi connectivity index (χ4n) is 3.48. The maximum Gasteiger partial charge on any atom is 0.416 e. The molecular formula is C18H16F3N5O. The molecule has 0 fully saturated rings. The smallest absolute Gasteiger partial charge is 0.311 e. The molecule has 4 rings (SSSR count). The second kappa shape index (κ2) is 6.33. The molecule has 0 saturated carbocycles. The van der Waals surface area contributed by atoms with Crippen molar-refractivity contribution in [2.24, 2.45) is 0 Å². The second-order valence-electron chi connectivity index (χ2n) is 6.57. The SMILES string of the molecule is Cc1nc(-c2nnn3c2CCCC3c2ccc(C(F)(F)F)cc2)cc(=O)[nH]1. The van der Waals surface area contributed by atoms with Crippen LogP contribution in [0.1, 0.15) is 41.5 Å². The second-order valence-corrected chi connectivity index (χ2v) is 6.57. The van der Waals surface area contributed by atoms with Crippen molar-refractivity contribution in [1.82, 2.24) is 25.0 Å². The molecule has 0 amide bonds. The highest BCUT2D eigenvalue weighted by Gasteiger charge is 2.31. The summed E-state index contributed by atoms with van der Waals surface area (Å²) in [4.78, 5) is 18.6. The lowest BCUT2D eigenvalue weighted by atomic mass is 9.95. The molecule has 6 nitrogen and oxygen atoms in total. The Bertz CT molecular complexity index is 1040. The number of H-pyrrole nitrogens is 1. The minimum atomic E-state index is -4.36. The number of alkyl halides is 3. The molecule has 1 N–H and O–H groups in total. The van der Waals surface area contributed by atoms with Crippen molar-refractivity contribution < 1.29 is 13.2 Å². The van der Waals surface area contributed by atoms with Gasteiger partial charge in [-0.3, -0.25) is 4.79 Å². The number of aryl methyl sites for hydroxylation is 1. The average molecular weight is 375 g/mol. The van der Waals surface area contributed by atoms with Crippen LogP contribution in [-0.4, -0.2) is 25.0 Å². The molecule has 9 heteroatoms. The van der Waals surface area contributed by atoms with Crippen LogP contribution in [0, 0.1) is 6.92 Å². The van der Waals surface area contributed by atoms with E-state index in [1.54, 1.807) is 11.6 Å². The zero-order valence-corrected chi connectivity index (χ0v) is 14.4. The molecule has 3 heterocycles. The predicted octanol–water partition coefficient (Wildman–Crippen LogP) is 3.28. The number of halogens is 3. The van der Waals surface area contributed by atoms with Gasteiger partial charge in [-0.1, -0.05) is 17.3 Å². The van der Waals surface area contributed by atoms with Gasteiger partial charge < -0.3 is 4.98 Å². The van der Waals surface area contributed by atoms with Gasteiger partial charge in [-0.05, 0) is 43.9 Å². The summed E-state index contributed by atoms with van der Waals surface area (Å²) in [6, 6.07) is 6.32. The molecule has 0 spiro atoms. The third-order valence-electron chi connectivity index (χ3n) is 4.70. The molecule has 140 valence electrons. The summed E-state index contributed by atoms with van der Waals surface area (Å²) in [5.41, 5.74) is 1.63. The number of hydrogen-bond donors (Lipinski definition) is 1. The molecule has 1 atom stereocenters. The molecule has 0 bridgehead atoms. The summed E-state index contributed by atoms with van der Waals surface area (Å²) in [6.07, 6.45) is -2.05. The van der Waals surface area contributed by atoms with E-state index >= 15 is 0 Å². The topological polar surface area (TPSA) is 76.5 Å². The first-order chi connectivity index (χ1) is 12.8. The first kappa shape index (κ1) is 17.4. The predicted molar refractivity (Wildman–Crippen MR) is 91.1 cm³/mol. The van der Waals surface area contributed by atoms with Crippen LogP contribution in [0.3, 0.4) is 0 Å². The lowest BCUT2D eigenvalue weighted by Gasteiger charge is -2.24. The number of fused-ring (bicyclic) bond motifs is 1. The Morgan fingerprint density at radius 2 is 1.96 bits per heavy atom. The standard InChI is InChI=1S/C18H16F3N5O/c1-10-22-13(9-16(27)23-10)17-15-4-2-3-14(26(15)25-24-17)11-5-7-12(8-6-11)18(19,20)21/h5-9,14H,2-4H2,1H3,(H,22,23,27). The van der Waals surface area contributed by atoms with Gasteiger partial charge in [0.1, 0.15) is 17.2 Å². The van der Waals surface area contributed by atoms with Gasteiger partial charge in [-0.2, -0.15) is 13.2 Å². The number of aromatic nitrogens is 5. The largest absolute Gasteiger partial charge is 0.416 e. The summed E-state index contributed by atoms with van der Waals surface area (Å²) in [5.74, 6) is 0.481. The van der Waals surface area contributed by atoms with Crippen molar-refractivity contribution in [2.45, 2.75) is 38.4 Å². The molecule has 1 aliphatic rings. The van der Waals surface area contributed by atoms with E-state index in [0.717, 1.165) is 36.2 Å². The lowest BCUT2D eigenvalue weighted by molar-refractivity contribution is -0.137. The van der Waals surface area contributed by atoms with Gasteiger partial charge in [0.15, 0.2) is 0 Å². The number of nitrogens with one attached hydrogen (secondary N) is 1. The van der Waals surface area contributed by atoms with Gasteiger partial charge in [0.05, 0.1) is 17.3 Å². The molecule has 3 aromatic rings. The van der Waals surface area contributed by atoms with Crippen molar-refractivity contribution >= 4 is 0 Å². The Hall–Kier alpha value is -2.97. The van der Waals surface area contributed by atoms with Gasteiger partial charge in [0, 0.05) is 6.07 Å². The fraction of sp³-hybridized carbons (Fsp3) is 0.333. The van der Waals surface area contributed by atoms with Gasteiger partial charge in [-0.15, -0.1) is 5.10 Å². The maximum absolute atomic E-state index is 12.8. The summed E-state index contributed by atoms with van der Waals surface area (Å²) in [5, 5.41) is 8.41. The highest BCUT2D eigenvalue weighted by molar-refractivity contribution is 5.56. The van der Waals surface area contributed by atoms with Crippen LogP contribution in [0.4, 0.5) is 13.2 Å². The van der Waals surface area contributed by atoms with Crippen molar-refractivity contribution in [2.75, 3.05) is 0 Å². The van der Waals surface area contributed by atoms with E-state index in [-0.39, 0.29) is 11.6 Å². The summed E-state index contributed by atoms with van der Waals surface area (Å²) in [6.45, 7) is 1.69. The van der Waals surface area contributed by atoms with Gasteiger partial charge in [-0.25, -0.2) is 9.67 Å². The number of benzene rings is 1. The lowest BCUT2D eigenvalue weighted by Crippen LogP contribution is -2.20. The van der Waals surface area contributed by atoms with Crippen LogP contribution in [0.25, 0.3) is 11.4 Å². The molecular weight excluding hydrogens is 359 g/mol. The molecule has 1 aromatic carbocycles. The fourth-order valence-corrected chi connectivity index (χ4v) is 3.48. The Balaban J connectivity index is 1.73. The van der Waals surface area contributed by atoms with Crippen LogP contribution >= 0.6 is 0 Å². The van der Waals surface area contributed by atoms with Gasteiger partial charge in [0.2, 0.25) is 0 Å². The normalized spacial score (nSPS) is 17.0. The van der Waals surface area contributed by atoms with Crippen LogP contribution in [0.5, 0.6) is 0 Å². The van der Waals surface area contributed by atoms with Crippen LogP contribution in [0.2, 0.25) is 0 Å². The van der Waals surface area contributed by atoms with E-state index in [4.69, 9.17) is 0 Å². The highest BCUT2D eigenvalue weighted by Crippen LogP contribution is 2.35. The van der Waals surface area contributed by atoms with E-state index in [2.05, 4.69) is 20.3 Å². The quantitative estimate of drug-likeness (QED) is 0.746. The Morgan fingerprint density at radius 1 is 1.22 bits per heavy atom. The van der Waals surface area contributed by atoms with E-state index < -0.39 is 11.7 Å². The first-order valence-corrected chi connectivity index (χ1v) is 8.52. The monoisotopic (exact) mass is 375 g/mol. The van der Waals surface area contributed by atoms with Crippen LogP contribution < -0.4 is 5.56 Å². The van der Waals surface area contributed by atoms with E-state index in [1.807, 2.05) is 0 Å². The molecule has 0 radical (unpaired) electrons. The number of rotatable bonds is 2. The van der Waals surface area contributed by atoms with Crippen molar-refractivity contribution in [3.8, 4) is 11.4 Å². The van der Waals surface area contributed by atoms with Crippen molar-refractivity contribution in [3.63, 3.8) is 0 Å². The van der Waals surface area contributed by atoms with Crippen molar-refractivity contribution in [1.29, 1.82) is 0 Å². The third kappa shape index (κ3) is 3.24. The Labute approximate surface area is 152 Å². The summed E-state index contributed by atoms with van der Waals surface area (Å²) >= 11 is 0. The molecule has 2 aromatic heterocycles. The number of aromatic amines is 1. The Morgan fingerprint density at radius 3 is 2.63 bits per heavy atom. The minimum absolute atomic E-state index is 0.194. The third-order valence-corrected chi connectivity index (χ3v) is 4.70. The summed E-state index contributed by atoms with van der Waals surface area (Å²) < 4.78 is 40.1. The molecule has 0 aliphatic carbocycles. The van der Waals surface area contributed by atoms with E-state index in [0.29, 0.717) is 23.6 Å². The molecule has 0 saturated heterocycles. The van der Waals surface area contributed by atoms with Crippen LogP contribution in [-0.2, 0) is 12.6 Å². The van der Waals surface area contributed by atoms with Gasteiger partial charge >= 0.3 is 6.18 Å². The molecule has 27 heavy (non-hydrogen) atoms. The first-order valence-electron chi connectivity index (χ1n) is 8.52. The maximum atomic E-state index is 12.8. The Kier molecular flexibility index (Phi) is 4.09. The number of nitrogens with zero attached hydrogens (tertiary/aromatic N) is 4. The van der Waals surface area contributed by atoms with E-state index in [9.17, 15) is 18.0 Å². The van der Waals surface area contributed by atoms with Crippen LogP contribution in [0.15, 0.2) is 35.1 Å². The van der Waals surface area contributed by atoms with E-state index in [1.165, 1.54) is 18.2 Å². The number of hydrogen-bond acceptors (Lipinski definition) is 4. The van der Waals surface area contributed by atoms with Crippen molar-refractivity contribution in [3.05, 3.63) is 63.3 Å². The highest BCUT2D eigenvalue weighted by atomic mass is 19.4. The average Bonchev–Trinajstić information content (AvgIpc) is 3.04. The zero-order chi connectivity index (χ0) is 19.2. The zero-order valence-electron chi connectivity index (χ0n) is 14.4. The minimum Gasteiger partial charge on any atom is -0.311 e.